The maximum Gasteiger partial charge on any atom is 0.234 e. The molecule has 0 aliphatic carbocycles. The van der Waals surface area contributed by atoms with E-state index in [1.54, 1.807) is 0 Å². The molecule has 4 aromatic rings. The molecule has 6 nitrogen and oxygen atoms in total. The van der Waals surface area contributed by atoms with Crippen molar-refractivity contribution in [1.29, 1.82) is 0 Å². The maximum atomic E-state index is 12.3. The Morgan fingerprint density at radius 1 is 1.07 bits per heavy atom. The molecule has 27 heavy (non-hydrogen) atoms. The van der Waals surface area contributed by atoms with Gasteiger partial charge in [0.15, 0.2) is 5.65 Å². The zero-order valence-electron chi connectivity index (χ0n) is 15.1. The molecule has 0 atom stereocenters. The van der Waals surface area contributed by atoms with Gasteiger partial charge in [-0.25, -0.2) is 4.98 Å². The molecule has 0 fully saturated rings. The smallest absolute Gasteiger partial charge is 0.234 e. The fourth-order valence-electron chi connectivity index (χ4n) is 2.90. The highest BCUT2D eigenvalue weighted by Gasteiger charge is 2.18. The minimum Gasteiger partial charge on any atom is -0.325 e. The van der Waals surface area contributed by atoms with Crippen LogP contribution in [0.15, 0.2) is 59.6 Å². The molecule has 1 N–H and O–H groups in total. The van der Waals surface area contributed by atoms with Crippen LogP contribution in [0.4, 0.5) is 5.69 Å². The van der Waals surface area contributed by atoms with E-state index in [1.807, 2.05) is 59.0 Å². The SMILES string of the molecule is CC(C)c1nnc2c(SCC(=O)Nc3ccccc3)nc3ccccc3n12. The van der Waals surface area contributed by atoms with Crippen LogP contribution in [0, 0.1) is 0 Å². The zero-order chi connectivity index (χ0) is 18.8. The van der Waals surface area contributed by atoms with Crippen LogP contribution in [0.25, 0.3) is 16.7 Å². The largest absolute Gasteiger partial charge is 0.325 e. The highest BCUT2D eigenvalue weighted by atomic mass is 32.2. The van der Waals surface area contributed by atoms with Gasteiger partial charge in [-0.15, -0.1) is 10.2 Å². The van der Waals surface area contributed by atoms with Gasteiger partial charge in [0.1, 0.15) is 10.9 Å². The second kappa shape index (κ2) is 7.36. The highest BCUT2D eigenvalue weighted by Crippen LogP contribution is 2.27. The van der Waals surface area contributed by atoms with Crippen molar-refractivity contribution >= 4 is 40.0 Å². The minimum absolute atomic E-state index is 0.0806. The lowest BCUT2D eigenvalue weighted by molar-refractivity contribution is -0.113. The third-order valence-electron chi connectivity index (χ3n) is 4.14. The van der Waals surface area contributed by atoms with Gasteiger partial charge < -0.3 is 5.32 Å². The third kappa shape index (κ3) is 3.50. The van der Waals surface area contributed by atoms with E-state index in [1.165, 1.54) is 11.8 Å². The van der Waals surface area contributed by atoms with E-state index in [4.69, 9.17) is 4.98 Å². The van der Waals surface area contributed by atoms with E-state index in [9.17, 15) is 4.79 Å². The predicted octanol–water partition coefficient (Wildman–Crippen LogP) is 4.13. The topological polar surface area (TPSA) is 72.2 Å². The van der Waals surface area contributed by atoms with Gasteiger partial charge in [-0.1, -0.05) is 55.9 Å². The second-order valence-electron chi connectivity index (χ2n) is 6.48. The first-order valence-electron chi connectivity index (χ1n) is 8.75. The first-order chi connectivity index (χ1) is 13.1. The number of carbonyl (C=O) groups is 1. The number of benzene rings is 2. The summed E-state index contributed by atoms with van der Waals surface area (Å²) in [6.45, 7) is 4.18. The molecule has 1 amide bonds. The van der Waals surface area contributed by atoms with E-state index >= 15 is 0 Å². The van der Waals surface area contributed by atoms with Crippen LogP contribution in [0.2, 0.25) is 0 Å². The van der Waals surface area contributed by atoms with Crippen LogP contribution in [0.3, 0.4) is 0 Å². The molecule has 2 aromatic heterocycles. The van der Waals surface area contributed by atoms with Gasteiger partial charge in [0, 0.05) is 11.6 Å². The summed E-state index contributed by atoms with van der Waals surface area (Å²) in [6.07, 6.45) is 0. The fourth-order valence-corrected chi connectivity index (χ4v) is 3.67. The molecule has 2 aromatic carbocycles. The number of rotatable bonds is 5. The molecule has 136 valence electrons. The number of amides is 1. The standard InChI is InChI=1S/C20H19N5OS/c1-13(2)18-23-24-19-20(22-15-10-6-7-11-16(15)25(18)19)27-12-17(26)21-14-8-4-3-5-9-14/h3-11,13H,12H2,1-2H3,(H,21,26). The molecule has 7 heteroatoms. The summed E-state index contributed by atoms with van der Waals surface area (Å²) < 4.78 is 2.05. The quantitative estimate of drug-likeness (QED) is 0.530. The summed E-state index contributed by atoms with van der Waals surface area (Å²) in [5, 5.41) is 12.3. The number of anilines is 1. The summed E-state index contributed by atoms with van der Waals surface area (Å²) in [7, 11) is 0. The van der Waals surface area contributed by atoms with Gasteiger partial charge in [-0.2, -0.15) is 0 Å². The third-order valence-corrected chi connectivity index (χ3v) is 5.09. The number of thioether (sulfide) groups is 1. The van der Waals surface area contributed by atoms with Crippen LogP contribution in [0.5, 0.6) is 0 Å². The van der Waals surface area contributed by atoms with Crippen molar-refractivity contribution < 1.29 is 4.79 Å². The highest BCUT2D eigenvalue weighted by molar-refractivity contribution is 8.00. The summed E-state index contributed by atoms with van der Waals surface area (Å²) in [6, 6.07) is 17.3. The number of nitrogens with zero attached hydrogens (tertiary/aromatic N) is 4. The lowest BCUT2D eigenvalue weighted by Gasteiger charge is -2.10. The Morgan fingerprint density at radius 2 is 1.81 bits per heavy atom. The molecule has 0 saturated carbocycles. The molecule has 0 spiro atoms. The number of hydrogen-bond donors (Lipinski definition) is 1. The minimum atomic E-state index is -0.0806. The summed E-state index contributed by atoms with van der Waals surface area (Å²) in [5.41, 5.74) is 3.30. The van der Waals surface area contributed by atoms with Gasteiger partial charge in [0.2, 0.25) is 5.91 Å². The fraction of sp³-hybridized carbons (Fsp3) is 0.200. The predicted molar refractivity (Wildman–Crippen MR) is 108 cm³/mol. The van der Waals surface area contributed by atoms with Gasteiger partial charge in [0.25, 0.3) is 0 Å². The monoisotopic (exact) mass is 377 g/mol. The van der Waals surface area contributed by atoms with Crippen molar-refractivity contribution in [2.24, 2.45) is 0 Å². The van der Waals surface area contributed by atoms with Gasteiger partial charge in [0.05, 0.1) is 16.8 Å². The number of nitrogens with one attached hydrogen (secondary N) is 1. The number of aromatic nitrogens is 4. The van der Waals surface area contributed by atoms with Crippen LogP contribution in [-0.2, 0) is 4.79 Å². The van der Waals surface area contributed by atoms with E-state index in [0.717, 1.165) is 22.5 Å². The lowest BCUT2D eigenvalue weighted by Crippen LogP contribution is -2.14. The number of fused-ring (bicyclic) bond motifs is 3. The van der Waals surface area contributed by atoms with Crippen molar-refractivity contribution in [2.75, 3.05) is 11.1 Å². The van der Waals surface area contributed by atoms with Gasteiger partial charge >= 0.3 is 0 Å². The van der Waals surface area contributed by atoms with Crippen molar-refractivity contribution in [1.82, 2.24) is 19.6 Å². The lowest BCUT2D eigenvalue weighted by atomic mass is 10.2. The molecule has 0 aliphatic rings. The molecular weight excluding hydrogens is 358 g/mol. The number of para-hydroxylation sites is 3. The Hall–Kier alpha value is -2.93. The van der Waals surface area contributed by atoms with Crippen LogP contribution in [-0.4, -0.2) is 31.2 Å². The average molecular weight is 377 g/mol. The van der Waals surface area contributed by atoms with Crippen LogP contribution in [0.1, 0.15) is 25.6 Å². The molecule has 0 unspecified atom stereocenters. The second-order valence-corrected chi connectivity index (χ2v) is 7.44. The van der Waals surface area contributed by atoms with Crippen molar-refractivity contribution in [2.45, 2.75) is 24.8 Å². The summed E-state index contributed by atoms with van der Waals surface area (Å²) >= 11 is 1.37. The molecular formula is C20H19N5OS. The van der Waals surface area contributed by atoms with Crippen LogP contribution < -0.4 is 5.32 Å². The molecule has 0 saturated heterocycles. The first kappa shape index (κ1) is 17.5. The van der Waals surface area contributed by atoms with E-state index in [-0.39, 0.29) is 17.6 Å². The normalized spacial score (nSPS) is 11.4. The molecule has 2 heterocycles. The maximum absolute atomic E-state index is 12.3. The molecule has 0 bridgehead atoms. The summed E-state index contributed by atoms with van der Waals surface area (Å²) in [5.74, 6) is 1.28. The van der Waals surface area contributed by atoms with Gasteiger partial charge in [-0.05, 0) is 24.3 Å². The Kier molecular flexibility index (Phi) is 4.77. The molecule has 4 rings (SSSR count). The number of hydrogen-bond acceptors (Lipinski definition) is 5. The van der Waals surface area contributed by atoms with Gasteiger partial charge in [-0.3, -0.25) is 9.20 Å². The van der Waals surface area contributed by atoms with E-state index < -0.39 is 0 Å². The van der Waals surface area contributed by atoms with Crippen LogP contribution >= 0.6 is 11.8 Å². The molecule has 0 aliphatic heterocycles. The average Bonchev–Trinajstić information content (AvgIpc) is 3.13. The first-order valence-corrected chi connectivity index (χ1v) is 9.73. The Bertz CT molecular complexity index is 1110. The Morgan fingerprint density at radius 3 is 2.59 bits per heavy atom. The molecule has 0 radical (unpaired) electrons. The van der Waals surface area contributed by atoms with E-state index in [2.05, 4.69) is 29.4 Å². The van der Waals surface area contributed by atoms with Crippen molar-refractivity contribution in [3.8, 4) is 0 Å². The number of carbonyl (C=O) groups excluding carboxylic acids is 1. The zero-order valence-corrected chi connectivity index (χ0v) is 15.9. The van der Waals surface area contributed by atoms with Crippen molar-refractivity contribution in [3.05, 3.63) is 60.4 Å². The van der Waals surface area contributed by atoms with Crippen molar-refractivity contribution in [3.63, 3.8) is 0 Å². The van der Waals surface area contributed by atoms with E-state index in [0.29, 0.717) is 10.7 Å². The Balaban J connectivity index is 1.66. The summed E-state index contributed by atoms with van der Waals surface area (Å²) in [4.78, 5) is 17.0. The Labute approximate surface area is 161 Å².